The van der Waals surface area contributed by atoms with Crippen molar-refractivity contribution in [3.8, 4) is 0 Å². The summed E-state index contributed by atoms with van der Waals surface area (Å²) in [5, 5.41) is 17.1. The van der Waals surface area contributed by atoms with Gasteiger partial charge in [-0.25, -0.2) is 4.79 Å². The molecule has 0 saturated heterocycles. The van der Waals surface area contributed by atoms with Crippen LogP contribution in [0.3, 0.4) is 0 Å². The van der Waals surface area contributed by atoms with Gasteiger partial charge in [-0.3, -0.25) is 19.2 Å². The number of primary amides is 1. The number of carboxylic acid groups (broad SMARTS) is 1. The van der Waals surface area contributed by atoms with Crippen molar-refractivity contribution in [1.82, 2.24) is 16.0 Å². The Hall–Kier alpha value is -2.69. The van der Waals surface area contributed by atoms with Gasteiger partial charge in [-0.1, -0.05) is 54.4 Å². The first-order chi connectivity index (χ1) is 15.7. The number of aliphatic carboxylic acids is 1. The maximum atomic E-state index is 13.1. The van der Waals surface area contributed by atoms with Crippen LogP contribution in [0.5, 0.6) is 0 Å². The van der Waals surface area contributed by atoms with Gasteiger partial charge in [-0.2, -0.15) is 0 Å². The van der Waals surface area contributed by atoms with Crippen molar-refractivity contribution in [2.24, 2.45) is 29.2 Å². The number of nitrogens with one attached hydrogen (secondary N) is 3. The summed E-state index contributed by atoms with van der Waals surface area (Å²) in [4.78, 5) is 61.4. The van der Waals surface area contributed by atoms with E-state index in [1.165, 1.54) is 0 Å². The molecular formula is C23H43N5O6. The van der Waals surface area contributed by atoms with E-state index in [4.69, 9.17) is 11.5 Å². The van der Waals surface area contributed by atoms with E-state index in [1.807, 2.05) is 34.6 Å². The third kappa shape index (κ3) is 11.0. The SMILES string of the molecule is CCC(C)C(N)C(=O)NC(CCC(N)=O)C(=O)NC(C(=O)NC(CC(C)C)C(=O)O)C(C)CC. The van der Waals surface area contributed by atoms with E-state index in [2.05, 4.69) is 16.0 Å². The van der Waals surface area contributed by atoms with E-state index in [0.29, 0.717) is 12.8 Å². The van der Waals surface area contributed by atoms with Gasteiger partial charge in [-0.15, -0.1) is 0 Å². The first-order valence-electron chi connectivity index (χ1n) is 11.9. The zero-order valence-electron chi connectivity index (χ0n) is 21.2. The number of rotatable bonds is 16. The van der Waals surface area contributed by atoms with Gasteiger partial charge in [0.1, 0.15) is 18.1 Å². The lowest BCUT2D eigenvalue weighted by atomic mass is 9.96. The predicted molar refractivity (Wildman–Crippen MR) is 128 cm³/mol. The van der Waals surface area contributed by atoms with Gasteiger partial charge in [0.15, 0.2) is 0 Å². The third-order valence-corrected chi connectivity index (χ3v) is 5.99. The van der Waals surface area contributed by atoms with Gasteiger partial charge >= 0.3 is 5.97 Å². The van der Waals surface area contributed by atoms with Crippen LogP contribution in [0.2, 0.25) is 0 Å². The van der Waals surface area contributed by atoms with Crippen LogP contribution in [0.25, 0.3) is 0 Å². The van der Waals surface area contributed by atoms with Gasteiger partial charge in [0, 0.05) is 6.42 Å². The summed E-state index contributed by atoms with van der Waals surface area (Å²) in [5.74, 6) is -4.10. The molecule has 0 aliphatic carbocycles. The highest BCUT2D eigenvalue weighted by molar-refractivity contribution is 5.94. The second-order valence-electron chi connectivity index (χ2n) is 9.38. The van der Waals surface area contributed by atoms with Crippen molar-refractivity contribution in [2.75, 3.05) is 0 Å². The van der Waals surface area contributed by atoms with Crippen LogP contribution < -0.4 is 27.4 Å². The molecule has 0 aromatic heterocycles. The Balaban J connectivity index is 5.66. The van der Waals surface area contributed by atoms with E-state index in [-0.39, 0.29) is 37.0 Å². The number of carbonyl (C=O) groups excluding carboxylic acids is 4. The highest BCUT2D eigenvalue weighted by atomic mass is 16.4. The van der Waals surface area contributed by atoms with Crippen molar-refractivity contribution in [3.63, 3.8) is 0 Å². The molecule has 6 unspecified atom stereocenters. The molecule has 0 aliphatic rings. The van der Waals surface area contributed by atoms with Gasteiger partial charge in [0.2, 0.25) is 23.6 Å². The van der Waals surface area contributed by atoms with Crippen molar-refractivity contribution < 1.29 is 29.1 Å². The molecule has 6 atom stereocenters. The quantitative estimate of drug-likeness (QED) is 0.180. The highest BCUT2D eigenvalue weighted by Crippen LogP contribution is 2.12. The largest absolute Gasteiger partial charge is 0.480 e. The molecular weight excluding hydrogens is 442 g/mol. The number of amides is 4. The molecule has 196 valence electrons. The summed E-state index contributed by atoms with van der Waals surface area (Å²) in [5.41, 5.74) is 11.2. The molecule has 0 radical (unpaired) electrons. The average molecular weight is 486 g/mol. The fourth-order valence-corrected chi connectivity index (χ4v) is 3.25. The standard InChI is InChI=1S/C23H43N5O6/c1-7-13(5)18(25)21(31)26-15(9-10-17(24)29)20(30)28-19(14(6)8-2)22(32)27-16(23(33)34)11-12(3)4/h12-16,18-19H,7-11,25H2,1-6H3,(H2,24,29)(H,26,31)(H,27,32)(H,28,30)(H,33,34). The molecule has 34 heavy (non-hydrogen) atoms. The summed E-state index contributed by atoms with van der Waals surface area (Å²) in [7, 11) is 0. The zero-order valence-corrected chi connectivity index (χ0v) is 21.2. The minimum atomic E-state index is -1.16. The smallest absolute Gasteiger partial charge is 0.326 e. The van der Waals surface area contributed by atoms with Crippen LogP contribution in [-0.4, -0.2) is 58.9 Å². The average Bonchev–Trinajstić information content (AvgIpc) is 2.76. The molecule has 0 spiro atoms. The van der Waals surface area contributed by atoms with Gasteiger partial charge in [-0.05, 0) is 30.6 Å². The fraction of sp³-hybridized carbons (Fsp3) is 0.783. The van der Waals surface area contributed by atoms with Crippen molar-refractivity contribution in [3.05, 3.63) is 0 Å². The maximum Gasteiger partial charge on any atom is 0.326 e. The van der Waals surface area contributed by atoms with E-state index in [0.717, 1.165) is 0 Å². The fourth-order valence-electron chi connectivity index (χ4n) is 3.25. The first kappa shape index (κ1) is 31.3. The van der Waals surface area contributed by atoms with Crippen molar-refractivity contribution >= 4 is 29.6 Å². The van der Waals surface area contributed by atoms with Crippen LogP contribution >= 0.6 is 0 Å². The monoisotopic (exact) mass is 485 g/mol. The minimum Gasteiger partial charge on any atom is -0.480 e. The summed E-state index contributed by atoms with van der Waals surface area (Å²) < 4.78 is 0. The lowest BCUT2D eigenvalue weighted by molar-refractivity contribution is -0.143. The maximum absolute atomic E-state index is 13.1. The lowest BCUT2D eigenvalue weighted by Crippen LogP contribution is -2.59. The molecule has 8 N–H and O–H groups in total. The summed E-state index contributed by atoms with van der Waals surface area (Å²) in [6, 6.07) is -4.13. The first-order valence-corrected chi connectivity index (χ1v) is 11.9. The third-order valence-electron chi connectivity index (χ3n) is 5.99. The second kappa shape index (κ2) is 15.3. The molecule has 4 amide bonds. The molecule has 11 nitrogen and oxygen atoms in total. The normalized spacial score (nSPS) is 16.5. The Morgan fingerprint density at radius 2 is 1.32 bits per heavy atom. The molecule has 0 aromatic rings. The van der Waals surface area contributed by atoms with Gasteiger partial charge < -0.3 is 32.5 Å². The molecule has 0 aliphatic heterocycles. The molecule has 0 rings (SSSR count). The predicted octanol–water partition coefficient (Wildman–Crippen LogP) is 0.257. The van der Waals surface area contributed by atoms with E-state index >= 15 is 0 Å². The van der Waals surface area contributed by atoms with Crippen LogP contribution in [0.15, 0.2) is 0 Å². The summed E-state index contributed by atoms with van der Waals surface area (Å²) in [6.07, 6.45) is 1.18. The van der Waals surface area contributed by atoms with Crippen LogP contribution in [-0.2, 0) is 24.0 Å². The molecule has 0 bridgehead atoms. The minimum absolute atomic E-state index is 0.0288. The molecule has 0 heterocycles. The number of hydrogen-bond donors (Lipinski definition) is 6. The van der Waals surface area contributed by atoms with E-state index in [9.17, 15) is 29.1 Å². The van der Waals surface area contributed by atoms with Crippen molar-refractivity contribution in [2.45, 2.75) is 97.8 Å². The van der Waals surface area contributed by atoms with Gasteiger partial charge in [0.25, 0.3) is 0 Å². The number of nitrogens with two attached hydrogens (primary N) is 2. The topological polar surface area (TPSA) is 194 Å². The number of hydrogen-bond acceptors (Lipinski definition) is 6. The Bertz CT molecular complexity index is 714. The molecule has 11 heteroatoms. The van der Waals surface area contributed by atoms with E-state index in [1.54, 1.807) is 6.92 Å². The summed E-state index contributed by atoms with van der Waals surface area (Å²) >= 11 is 0. The number of carboxylic acids is 1. The van der Waals surface area contributed by atoms with Crippen molar-refractivity contribution in [1.29, 1.82) is 0 Å². The van der Waals surface area contributed by atoms with Crippen LogP contribution in [0, 0.1) is 17.8 Å². The Morgan fingerprint density at radius 3 is 1.76 bits per heavy atom. The molecule has 0 saturated carbocycles. The van der Waals surface area contributed by atoms with Gasteiger partial charge in [0.05, 0.1) is 6.04 Å². The Morgan fingerprint density at radius 1 is 0.794 bits per heavy atom. The van der Waals surface area contributed by atoms with Crippen LogP contribution in [0.4, 0.5) is 0 Å². The second-order valence-corrected chi connectivity index (χ2v) is 9.38. The van der Waals surface area contributed by atoms with Crippen LogP contribution in [0.1, 0.15) is 73.6 Å². The Kier molecular flexibility index (Phi) is 14.1. The zero-order chi connectivity index (χ0) is 26.6. The highest BCUT2D eigenvalue weighted by Gasteiger charge is 2.33. The summed E-state index contributed by atoms with van der Waals surface area (Å²) in [6.45, 7) is 10.9. The van der Waals surface area contributed by atoms with E-state index < -0.39 is 53.8 Å². The Labute approximate surface area is 202 Å². The molecule has 0 aromatic carbocycles. The molecule has 0 fully saturated rings. The number of carbonyl (C=O) groups is 5. The lowest BCUT2D eigenvalue weighted by Gasteiger charge is -2.28.